The highest BCUT2D eigenvalue weighted by atomic mass is 16.5. The van der Waals surface area contributed by atoms with Crippen molar-refractivity contribution in [1.82, 2.24) is 25.3 Å². The average molecular weight is 399 g/mol. The monoisotopic (exact) mass is 399 g/mol. The van der Waals surface area contributed by atoms with Gasteiger partial charge in [0.05, 0.1) is 12.6 Å². The third-order valence-corrected chi connectivity index (χ3v) is 5.70. The van der Waals surface area contributed by atoms with Gasteiger partial charge >= 0.3 is 6.03 Å². The number of rotatable bonds is 7. The number of nitrogens with zero attached hydrogens (tertiary/aromatic N) is 4. The Hall–Kier alpha value is -2.48. The summed E-state index contributed by atoms with van der Waals surface area (Å²) in [4.78, 5) is 23.2. The molecule has 1 saturated carbocycles. The van der Waals surface area contributed by atoms with E-state index in [1.165, 1.54) is 19.3 Å². The number of pyridine rings is 1. The van der Waals surface area contributed by atoms with Gasteiger partial charge in [-0.15, -0.1) is 0 Å². The molecule has 0 aromatic carbocycles. The third-order valence-electron chi connectivity index (χ3n) is 5.70. The van der Waals surface area contributed by atoms with E-state index in [2.05, 4.69) is 20.4 Å². The number of carbonyl (C=O) groups is 1. The van der Waals surface area contributed by atoms with Crippen molar-refractivity contribution >= 4 is 6.03 Å². The molecule has 0 radical (unpaired) electrons. The van der Waals surface area contributed by atoms with Crippen LogP contribution >= 0.6 is 0 Å². The number of carbonyl (C=O) groups excluding carboxylic acids is 1. The average Bonchev–Trinajstić information content (AvgIpc) is 3.45. The van der Waals surface area contributed by atoms with E-state index in [9.17, 15) is 4.79 Å². The molecule has 2 amide bonds. The van der Waals surface area contributed by atoms with Gasteiger partial charge < -0.3 is 19.5 Å². The first kappa shape index (κ1) is 19.8. The Balaban J connectivity index is 1.34. The summed E-state index contributed by atoms with van der Waals surface area (Å²) in [5.41, 5.74) is 1.03. The van der Waals surface area contributed by atoms with Crippen molar-refractivity contribution in [2.45, 2.75) is 70.1 Å². The van der Waals surface area contributed by atoms with Gasteiger partial charge in [-0.2, -0.15) is 4.98 Å². The minimum atomic E-state index is -0.158. The van der Waals surface area contributed by atoms with Crippen LogP contribution in [0.4, 0.5) is 4.79 Å². The number of hydrogen-bond acceptors (Lipinski definition) is 6. The van der Waals surface area contributed by atoms with Gasteiger partial charge in [-0.3, -0.25) is 4.98 Å². The molecule has 3 heterocycles. The molecule has 1 N–H and O–H groups in total. The van der Waals surface area contributed by atoms with Crippen LogP contribution in [-0.4, -0.2) is 45.3 Å². The second kappa shape index (κ2) is 9.82. The van der Waals surface area contributed by atoms with Gasteiger partial charge in [0.25, 0.3) is 0 Å². The first-order chi connectivity index (χ1) is 14.3. The second-order valence-electron chi connectivity index (χ2n) is 7.91. The lowest BCUT2D eigenvalue weighted by molar-refractivity contribution is 0.0792. The summed E-state index contributed by atoms with van der Waals surface area (Å²) < 4.78 is 11.1. The van der Waals surface area contributed by atoms with Gasteiger partial charge in [-0.05, 0) is 43.4 Å². The molecular weight excluding hydrogens is 370 g/mol. The Morgan fingerprint density at radius 2 is 1.97 bits per heavy atom. The largest absolute Gasteiger partial charge is 0.376 e. The molecular formula is C21H29N5O3. The van der Waals surface area contributed by atoms with Crippen molar-refractivity contribution in [1.29, 1.82) is 0 Å². The third kappa shape index (κ3) is 5.53. The zero-order valence-corrected chi connectivity index (χ0v) is 16.8. The first-order valence-corrected chi connectivity index (χ1v) is 10.6. The maximum absolute atomic E-state index is 12.9. The molecule has 29 heavy (non-hydrogen) atoms. The summed E-state index contributed by atoms with van der Waals surface area (Å²) in [7, 11) is 0. The smallest absolute Gasteiger partial charge is 0.318 e. The SMILES string of the molecule is O=C(NCc1nc(C2CCCCC2)no1)N(Cc1ccncc1)CC1CCCO1. The van der Waals surface area contributed by atoms with E-state index in [0.717, 1.165) is 43.7 Å². The van der Waals surface area contributed by atoms with Crippen molar-refractivity contribution in [2.75, 3.05) is 13.2 Å². The quantitative estimate of drug-likeness (QED) is 0.767. The lowest BCUT2D eigenvalue weighted by Crippen LogP contribution is -2.43. The molecule has 0 bridgehead atoms. The summed E-state index contributed by atoms with van der Waals surface area (Å²) in [6, 6.07) is 3.68. The molecule has 4 rings (SSSR count). The van der Waals surface area contributed by atoms with E-state index in [1.54, 1.807) is 17.3 Å². The topological polar surface area (TPSA) is 93.4 Å². The first-order valence-electron chi connectivity index (χ1n) is 10.6. The van der Waals surface area contributed by atoms with E-state index in [4.69, 9.17) is 9.26 Å². The Labute approximate surface area is 171 Å². The van der Waals surface area contributed by atoms with Crippen LogP contribution in [-0.2, 0) is 17.8 Å². The molecule has 1 saturated heterocycles. The highest BCUT2D eigenvalue weighted by molar-refractivity contribution is 5.74. The maximum Gasteiger partial charge on any atom is 0.318 e. The van der Waals surface area contributed by atoms with Crippen molar-refractivity contribution in [3.63, 3.8) is 0 Å². The van der Waals surface area contributed by atoms with Gasteiger partial charge in [0.15, 0.2) is 5.82 Å². The van der Waals surface area contributed by atoms with E-state index in [1.807, 2.05) is 12.1 Å². The molecule has 1 aliphatic heterocycles. The molecule has 156 valence electrons. The minimum absolute atomic E-state index is 0.0869. The van der Waals surface area contributed by atoms with Crippen molar-refractivity contribution in [3.8, 4) is 0 Å². The highest BCUT2D eigenvalue weighted by Crippen LogP contribution is 2.30. The van der Waals surface area contributed by atoms with E-state index in [0.29, 0.717) is 24.9 Å². The van der Waals surface area contributed by atoms with Crippen LogP contribution in [0.15, 0.2) is 29.0 Å². The van der Waals surface area contributed by atoms with E-state index in [-0.39, 0.29) is 18.7 Å². The zero-order valence-electron chi connectivity index (χ0n) is 16.8. The molecule has 8 heteroatoms. The van der Waals surface area contributed by atoms with Crippen molar-refractivity contribution in [2.24, 2.45) is 0 Å². The number of aromatic nitrogens is 3. The molecule has 1 unspecified atom stereocenters. The Bertz CT molecular complexity index is 770. The van der Waals surface area contributed by atoms with Crippen LogP contribution in [0.1, 0.15) is 68.1 Å². The molecule has 1 atom stereocenters. The summed E-state index contributed by atoms with van der Waals surface area (Å²) in [6.07, 6.45) is 11.6. The number of hydrogen-bond donors (Lipinski definition) is 1. The Kier molecular flexibility index (Phi) is 6.71. The molecule has 8 nitrogen and oxygen atoms in total. The Morgan fingerprint density at radius 1 is 1.14 bits per heavy atom. The Morgan fingerprint density at radius 3 is 2.72 bits per heavy atom. The molecule has 1 aliphatic carbocycles. The number of nitrogens with one attached hydrogen (secondary N) is 1. The summed E-state index contributed by atoms with van der Waals surface area (Å²) >= 11 is 0. The maximum atomic E-state index is 12.9. The van der Waals surface area contributed by atoms with Crippen LogP contribution in [0.2, 0.25) is 0 Å². The number of amides is 2. The van der Waals surface area contributed by atoms with Crippen LogP contribution in [0, 0.1) is 0 Å². The van der Waals surface area contributed by atoms with E-state index >= 15 is 0 Å². The predicted molar refractivity (Wildman–Crippen MR) is 106 cm³/mol. The van der Waals surface area contributed by atoms with Crippen LogP contribution in [0.5, 0.6) is 0 Å². The zero-order chi connectivity index (χ0) is 19.9. The van der Waals surface area contributed by atoms with Gasteiger partial charge in [-0.25, -0.2) is 4.79 Å². The van der Waals surface area contributed by atoms with Gasteiger partial charge in [-0.1, -0.05) is 24.4 Å². The minimum Gasteiger partial charge on any atom is -0.376 e. The number of urea groups is 1. The summed E-state index contributed by atoms with van der Waals surface area (Å²) in [5.74, 6) is 1.63. The molecule has 0 spiro atoms. The molecule has 2 aromatic rings. The predicted octanol–water partition coefficient (Wildman–Crippen LogP) is 3.40. The normalized spacial score (nSPS) is 19.9. The highest BCUT2D eigenvalue weighted by Gasteiger charge is 2.24. The van der Waals surface area contributed by atoms with Crippen molar-refractivity contribution < 1.29 is 14.1 Å². The molecule has 2 aliphatic rings. The fraction of sp³-hybridized carbons (Fsp3) is 0.619. The van der Waals surface area contributed by atoms with Crippen LogP contribution in [0.3, 0.4) is 0 Å². The van der Waals surface area contributed by atoms with Crippen molar-refractivity contribution in [3.05, 3.63) is 41.8 Å². The molecule has 2 fully saturated rings. The fourth-order valence-electron chi connectivity index (χ4n) is 4.09. The number of ether oxygens (including phenoxy) is 1. The fourth-order valence-corrected chi connectivity index (χ4v) is 4.09. The standard InChI is InChI=1S/C21H29N5O3/c27-21(23-13-19-24-20(25-29-19)17-5-2-1-3-6-17)26(15-18-7-4-12-28-18)14-16-8-10-22-11-9-16/h8-11,17-18H,1-7,12-15H2,(H,23,27). The van der Waals surface area contributed by atoms with E-state index < -0.39 is 0 Å². The molecule has 2 aromatic heterocycles. The summed E-state index contributed by atoms with van der Waals surface area (Å²) in [5, 5.41) is 7.06. The van der Waals surface area contributed by atoms with Gasteiger partial charge in [0.2, 0.25) is 5.89 Å². The lowest BCUT2D eigenvalue weighted by atomic mass is 9.89. The van der Waals surface area contributed by atoms with Gasteiger partial charge in [0, 0.05) is 38.0 Å². The van der Waals surface area contributed by atoms with Crippen LogP contribution in [0.25, 0.3) is 0 Å². The summed E-state index contributed by atoms with van der Waals surface area (Å²) in [6.45, 7) is 2.06. The van der Waals surface area contributed by atoms with Crippen LogP contribution < -0.4 is 5.32 Å². The lowest BCUT2D eigenvalue weighted by Gasteiger charge is -2.25. The second-order valence-corrected chi connectivity index (χ2v) is 7.91. The van der Waals surface area contributed by atoms with Gasteiger partial charge in [0.1, 0.15) is 0 Å².